The van der Waals surface area contributed by atoms with Crippen molar-refractivity contribution in [2.45, 2.75) is 25.4 Å². The highest BCUT2D eigenvalue weighted by atomic mass is 16.2. The highest BCUT2D eigenvalue weighted by molar-refractivity contribution is 5.95. The molecule has 0 radical (unpaired) electrons. The molecule has 2 atom stereocenters. The lowest BCUT2D eigenvalue weighted by atomic mass is 9.91. The molecule has 21 heavy (non-hydrogen) atoms. The molecule has 6 nitrogen and oxygen atoms in total. The number of likely N-dealkylation sites (tertiary alicyclic amines) is 1. The van der Waals surface area contributed by atoms with Crippen LogP contribution in [0.5, 0.6) is 0 Å². The SMILES string of the molecule is NNC(=O)c1ccccc1CN1CCCC2C(=O)NCC21. The monoisotopic (exact) mass is 288 g/mol. The molecular weight excluding hydrogens is 268 g/mol. The number of nitrogens with two attached hydrogens (primary N) is 1. The summed E-state index contributed by atoms with van der Waals surface area (Å²) in [5, 5.41) is 2.95. The Balaban J connectivity index is 1.80. The zero-order valence-corrected chi connectivity index (χ0v) is 11.8. The van der Waals surface area contributed by atoms with Gasteiger partial charge < -0.3 is 5.32 Å². The summed E-state index contributed by atoms with van der Waals surface area (Å²) in [6, 6.07) is 7.70. The van der Waals surface area contributed by atoms with Gasteiger partial charge in [-0.25, -0.2) is 5.84 Å². The van der Waals surface area contributed by atoms with Crippen molar-refractivity contribution in [1.29, 1.82) is 0 Å². The van der Waals surface area contributed by atoms with E-state index in [-0.39, 0.29) is 23.8 Å². The van der Waals surface area contributed by atoms with E-state index >= 15 is 0 Å². The van der Waals surface area contributed by atoms with Crippen LogP contribution < -0.4 is 16.6 Å². The zero-order valence-electron chi connectivity index (χ0n) is 11.8. The highest BCUT2D eigenvalue weighted by Gasteiger charge is 2.40. The third-order valence-electron chi connectivity index (χ3n) is 4.48. The van der Waals surface area contributed by atoms with Crippen LogP contribution in [0.15, 0.2) is 24.3 Å². The summed E-state index contributed by atoms with van der Waals surface area (Å²) < 4.78 is 0. The van der Waals surface area contributed by atoms with Crippen LogP contribution in [0.2, 0.25) is 0 Å². The van der Waals surface area contributed by atoms with Gasteiger partial charge in [0.25, 0.3) is 5.91 Å². The van der Waals surface area contributed by atoms with E-state index in [0.29, 0.717) is 18.7 Å². The Morgan fingerprint density at radius 1 is 1.43 bits per heavy atom. The Hall–Kier alpha value is -1.92. The highest BCUT2D eigenvalue weighted by Crippen LogP contribution is 2.29. The number of nitrogen functional groups attached to an aromatic ring is 1. The minimum Gasteiger partial charge on any atom is -0.354 e. The zero-order chi connectivity index (χ0) is 14.8. The largest absolute Gasteiger partial charge is 0.354 e. The van der Waals surface area contributed by atoms with Gasteiger partial charge in [-0.3, -0.25) is 19.9 Å². The first-order valence-electron chi connectivity index (χ1n) is 7.31. The second-order valence-electron chi connectivity index (χ2n) is 5.66. The van der Waals surface area contributed by atoms with Crippen molar-refractivity contribution in [3.63, 3.8) is 0 Å². The van der Waals surface area contributed by atoms with Gasteiger partial charge in [0.05, 0.1) is 5.92 Å². The standard InChI is InChI=1S/C15H20N4O2/c16-18-15(21)11-5-2-1-4-10(11)9-19-7-3-6-12-13(19)8-17-14(12)20/h1-2,4-5,12-13H,3,6-9,16H2,(H,17,20)(H,18,21). The maximum atomic E-state index is 11.8. The van der Waals surface area contributed by atoms with Crippen LogP contribution in [-0.4, -0.2) is 35.8 Å². The van der Waals surface area contributed by atoms with Crippen LogP contribution in [0.4, 0.5) is 0 Å². The number of carbonyl (C=O) groups is 2. The summed E-state index contributed by atoms with van der Waals surface area (Å²) in [5.41, 5.74) is 3.73. The third kappa shape index (κ3) is 2.64. The van der Waals surface area contributed by atoms with Gasteiger partial charge in [0.1, 0.15) is 0 Å². The van der Waals surface area contributed by atoms with Crippen molar-refractivity contribution in [3.05, 3.63) is 35.4 Å². The Morgan fingerprint density at radius 2 is 2.24 bits per heavy atom. The van der Waals surface area contributed by atoms with Crippen LogP contribution in [-0.2, 0) is 11.3 Å². The number of rotatable bonds is 3. The van der Waals surface area contributed by atoms with Gasteiger partial charge >= 0.3 is 0 Å². The normalized spacial score (nSPS) is 25.3. The van der Waals surface area contributed by atoms with E-state index in [1.165, 1.54) is 0 Å². The minimum absolute atomic E-state index is 0.0919. The average Bonchev–Trinajstić information content (AvgIpc) is 2.90. The molecule has 0 bridgehead atoms. The molecule has 2 unspecified atom stereocenters. The lowest BCUT2D eigenvalue weighted by Crippen LogP contribution is -2.45. The number of amides is 2. The second kappa shape index (κ2) is 5.83. The molecule has 0 spiro atoms. The number of hydrazine groups is 1. The lowest BCUT2D eigenvalue weighted by molar-refractivity contribution is -0.124. The summed E-state index contributed by atoms with van der Waals surface area (Å²) in [4.78, 5) is 25.9. The van der Waals surface area contributed by atoms with E-state index in [0.717, 1.165) is 24.9 Å². The summed E-state index contributed by atoms with van der Waals surface area (Å²) in [6.45, 7) is 2.32. The molecule has 2 aliphatic heterocycles. The van der Waals surface area contributed by atoms with Crippen LogP contribution >= 0.6 is 0 Å². The Labute approximate surface area is 123 Å². The molecule has 112 valence electrons. The summed E-state index contributed by atoms with van der Waals surface area (Å²) in [5.74, 6) is 5.22. The maximum Gasteiger partial charge on any atom is 0.265 e. The fourth-order valence-corrected chi connectivity index (χ4v) is 3.41. The van der Waals surface area contributed by atoms with Crippen LogP contribution in [0.1, 0.15) is 28.8 Å². The van der Waals surface area contributed by atoms with E-state index in [4.69, 9.17) is 5.84 Å². The minimum atomic E-state index is -0.278. The molecule has 3 rings (SSSR count). The summed E-state index contributed by atoms with van der Waals surface area (Å²) in [6.07, 6.45) is 1.97. The lowest BCUT2D eigenvalue weighted by Gasteiger charge is -2.36. The molecule has 0 aromatic heterocycles. The van der Waals surface area contributed by atoms with Gasteiger partial charge in [0, 0.05) is 24.7 Å². The number of piperidine rings is 1. The number of nitrogens with one attached hydrogen (secondary N) is 2. The molecule has 2 saturated heterocycles. The molecule has 1 aromatic carbocycles. The topological polar surface area (TPSA) is 87.5 Å². The Kier molecular flexibility index (Phi) is 3.90. The molecule has 2 heterocycles. The quantitative estimate of drug-likeness (QED) is 0.415. The third-order valence-corrected chi connectivity index (χ3v) is 4.48. The van der Waals surface area contributed by atoms with E-state index < -0.39 is 0 Å². The van der Waals surface area contributed by atoms with Gasteiger partial charge in [0.2, 0.25) is 5.91 Å². The first-order chi connectivity index (χ1) is 10.2. The molecule has 1 aromatic rings. The number of benzene rings is 1. The number of hydrogen-bond acceptors (Lipinski definition) is 4. The van der Waals surface area contributed by atoms with Crippen LogP contribution in [0, 0.1) is 5.92 Å². The fraction of sp³-hybridized carbons (Fsp3) is 0.467. The van der Waals surface area contributed by atoms with Crippen molar-refractivity contribution < 1.29 is 9.59 Å². The number of carbonyl (C=O) groups excluding carboxylic acids is 2. The molecule has 6 heteroatoms. The number of fused-ring (bicyclic) bond motifs is 1. The van der Waals surface area contributed by atoms with Crippen molar-refractivity contribution in [2.75, 3.05) is 13.1 Å². The Bertz CT molecular complexity index is 560. The van der Waals surface area contributed by atoms with E-state index in [1.54, 1.807) is 6.07 Å². The molecule has 2 fully saturated rings. The molecule has 2 amide bonds. The van der Waals surface area contributed by atoms with Crippen molar-refractivity contribution in [2.24, 2.45) is 11.8 Å². The first-order valence-corrected chi connectivity index (χ1v) is 7.31. The van der Waals surface area contributed by atoms with Crippen LogP contribution in [0.25, 0.3) is 0 Å². The molecular formula is C15H20N4O2. The van der Waals surface area contributed by atoms with Crippen molar-refractivity contribution in [1.82, 2.24) is 15.6 Å². The molecule has 0 saturated carbocycles. The number of hydrogen-bond donors (Lipinski definition) is 3. The first kappa shape index (κ1) is 14.0. The predicted octanol–water partition coefficient (Wildman–Crippen LogP) is 0.000500. The predicted molar refractivity (Wildman–Crippen MR) is 78.0 cm³/mol. The van der Waals surface area contributed by atoms with Crippen molar-refractivity contribution >= 4 is 11.8 Å². The van der Waals surface area contributed by atoms with Gasteiger partial charge in [-0.2, -0.15) is 0 Å². The van der Waals surface area contributed by atoms with E-state index in [1.807, 2.05) is 18.2 Å². The second-order valence-corrected chi connectivity index (χ2v) is 5.66. The van der Waals surface area contributed by atoms with E-state index in [2.05, 4.69) is 15.6 Å². The van der Waals surface area contributed by atoms with Gasteiger partial charge in [-0.1, -0.05) is 18.2 Å². The Morgan fingerprint density at radius 3 is 3.05 bits per heavy atom. The fourth-order valence-electron chi connectivity index (χ4n) is 3.41. The maximum absolute atomic E-state index is 11.8. The van der Waals surface area contributed by atoms with Gasteiger partial charge in [-0.15, -0.1) is 0 Å². The van der Waals surface area contributed by atoms with Crippen LogP contribution in [0.3, 0.4) is 0 Å². The van der Waals surface area contributed by atoms with E-state index in [9.17, 15) is 9.59 Å². The molecule has 4 N–H and O–H groups in total. The van der Waals surface area contributed by atoms with Crippen molar-refractivity contribution in [3.8, 4) is 0 Å². The average molecular weight is 288 g/mol. The van der Waals surface area contributed by atoms with Gasteiger partial charge in [0.15, 0.2) is 0 Å². The van der Waals surface area contributed by atoms with Gasteiger partial charge in [-0.05, 0) is 31.0 Å². The molecule has 2 aliphatic rings. The summed E-state index contributed by atoms with van der Waals surface area (Å²) in [7, 11) is 0. The number of nitrogens with zero attached hydrogens (tertiary/aromatic N) is 1. The molecule has 0 aliphatic carbocycles. The summed E-state index contributed by atoms with van der Waals surface area (Å²) >= 11 is 0. The smallest absolute Gasteiger partial charge is 0.265 e.